The summed E-state index contributed by atoms with van der Waals surface area (Å²) in [5.41, 5.74) is 2.93. The molecule has 1 aromatic heterocycles. The van der Waals surface area contributed by atoms with Crippen molar-refractivity contribution in [3.8, 4) is 0 Å². The summed E-state index contributed by atoms with van der Waals surface area (Å²) in [6.07, 6.45) is 3.87. The second-order valence-corrected chi connectivity index (χ2v) is 6.02. The van der Waals surface area contributed by atoms with Gasteiger partial charge in [0.25, 0.3) is 0 Å². The first-order valence-electron chi connectivity index (χ1n) is 7.60. The molecule has 0 aliphatic carbocycles. The van der Waals surface area contributed by atoms with Crippen molar-refractivity contribution in [3.05, 3.63) is 42.2 Å². The minimum atomic E-state index is -0.0623. The molecule has 1 amide bonds. The molecular formula is C17H24N4O. The normalized spacial score (nSPS) is 12.2. The van der Waals surface area contributed by atoms with Crippen molar-refractivity contribution in [2.45, 2.75) is 40.3 Å². The second-order valence-electron chi connectivity index (χ2n) is 6.02. The average Bonchev–Trinajstić information content (AvgIpc) is 2.84. The Morgan fingerprint density at radius 2 is 2.05 bits per heavy atom. The summed E-state index contributed by atoms with van der Waals surface area (Å²) < 4.78 is 1.95. The van der Waals surface area contributed by atoms with Gasteiger partial charge in [-0.15, -0.1) is 0 Å². The van der Waals surface area contributed by atoms with Crippen LogP contribution in [0.1, 0.15) is 39.3 Å². The number of nitrogens with one attached hydrogen (secondary N) is 2. The van der Waals surface area contributed by atoms with Crippen LogP contribution in [0.5, 0.6) is 0 Å². The van der Waals surface area contributed by atoms with Crippen molar-refractivity contribution in [1.29, 1.82) is 0 Å². The van der Waals surface area contributed by atoms with Crippen molar-refractivity contribution < 1.29 is 4.79 Å². The minimum Gasteiger partial charge on any atom is -0.376 e. The van der Waals surface area contributed by atoms with E-state index in [1.54, 1.807) is 0 Å². The predicted octanol–water partition coefficient (Wildman–Crippen LogP) is 3.67. The Morgan fingerprint density at radius 1 is 1.27 bits per heavy atom. The Bertz CT molecular complexity index is 633. The molecule has 2 rings (SSSR count). The molecule has 0 radical (unpaired) electrons. The Morgan fingerprint density at radius 3 is 2.73 bits per heavy atom. The van der Waals surface area contributed by atoms with E-state index in [0.717, 1.165) is 23.5 Å². The van der Waals surface area contributed by atoms with E-state index < -0.39 is 0 Å². The van der Waals surface area contributed by atoms with E-state index in [1.165, 1.54) is 6.92 Å². The molecule has 22 heavy (non-hydrogen) atoms. The second kappa shape index (κ2) is 7.11. The molecule has 0 saturated carbocycles. The summed E-state index contributed by atoms with van der Waals surface area (Å²) in [5, 5.41) is 10.6. The van der Waals surface area contributed by atoms with Crippen LogP contribution in [0.15, 0.2) is 36.7 Å². The third-order valence-electron chi connectivity index (χ3n) is 3.28. The number of hydrogen-bond donors (Lipinski definition) is 2. The van der Waals surface area contributed by atoms with Crippen molar-refractivity contribution >= 4 is 17.3 Å². The summed E-state index contributed by atoms with van der Waals surface area (Å²) in [7, 11) is 0. The lowest BCUT2D eigenvalue weighted by Crippen LogP contribution is -2.09. The van der Waals surface area contributed by atoms with Gasteiger partial charge in [0.05, 0.1) is 11.9 Å². The van der Waals surface area contributed by atoms with Crippen LogP contribution in [0.25, 0.3) is 0 Å². The van der Waals surface area contributed by atoms with Crippen LogP contribution in [0.4, 0.5) is 11.4 Å². The minimum absolute atomic E-state index is 0.0623. The topological polar surface area (TPSA) is 59.0 Å². The highest BCUT2D eigenvalue weighted by molar-refractivity contribution is 5.88. The Labute approximate surface area is 131 Å². The summed E-state index contributed by atoms with van der Waals surface area (Å²) in [6.45, 7) is 8.86. The van der Waals surface area contributed by atoms with Gasteiger partial charge in [0.15, 0.2) is 0 Å². The van der Waals surface area contributed by atoms with Gasteiger partial charge in [0, 0.05) is 31.4 Å². The molecule has 0 aliphatic rings. The number of aromatic nitrogens is 2. The zero-order valence-electron chi connectivity index (χ0n) is 13.6. The van der Waals surface area contributed by atoms with Gasteiger partial charge in [-0.2, -0.15) is 5.10 Å². The number of nitrogens with zero attached hydrogens (tertiary/aromatic N) is 2. The molecule has 0 aliphatic heterocycles. The van der Waals surface area contributed by atoms with Crippen LogP contribution in [-0.2, 0) is 11.3 Å². The largest absolute Gasteiger partial charge is 0.376 e. The van der Waals surface area contributed by atoms with E-state index in [2.05, 4.69) is 36.5 Å². The molecule has 118 valence electrons. The maximum atomic E-state index is 11.1. The molecule has 0 saturated heterocycles. The molecule has 2 aromatic rings. The Hall–Kier alpha value is -2.30. The predicted molar refractivity (Wildman–Crippen MR) is 89.8 cm³/mol. The number of amides is 1. The van der Waals surface area contributed by atoms with E-state index in [1.807, 2.05) is 41.3 Å². The van der Waals surface area contributed by atoms with Gasteiger partial charge in [-0.05, 0) is 30.5 Å². The van der Waals surface area contributed by atoms with Gasteiger partial charge in [0.1, 0.15) is 0 Å². The van der Waals surface area contributed by atoms with Crippen LogP contribution in [0.2, 0.25) is 0 Å². The lowest BCUT2D eigenvalue weighted by molar-refractivity contribution is -0.114. The van der Waals surface area contributed by atoms with E-state index >= 15 is 0 Å². The molecule has 0 spiro atoms. The van der Waals surface area contributed by atoms with Crippen LogP contribution < -0.4 is 10.6 Å². The molecule has 5 heteroatoms. The number of hydrogen-bond acceptors (Lipinski definition) is 3. The highest BCUT2D eigenvalue weighted by atomic mass is 16.1. The zero-order chi connectivity index (χ0) is 16.1. The van der Waals surface area contributed by atoms with Gasteiger partial charge in [-0.3, -0.25) is 9.48 Å². The lowest BCUT2D eigenvalue weighted by Gasteiger charge is -2.15. The SMILES string of the molecule is CC(=O)Nc1cccc(C(C)Nc2cnn(CC(C)C)c2)c1. The van der Waals surface area contributed by atoms with Crippen LogP contribution in [0.3, 0.4) is 0 Å². The maximum Gasteiger partial charge on any atom is 0.221 e. The number of anilines is 2. The number of carbonyl (C=O) groups excluding carboxylic acids is 1. The third-order valence-corrected chi connectivity index (χ3v) is 3.28. The average molecular weight is 300 g/mol. The fraction of sp³-hybridized carbons (Fsp3) is 0.412. The molecular weight excluding hydrogens is 276 g/mol. The molecule has 2 N–H and O–H groups in total. The molecule has 0 bridgehead atoms. The Balaban J connectivity index is 2.03. The van der Waals surface area contributed by atoms with Gasteiger partial charge in [-0.1, -0.05) is 26.0 Å². The summed E-state index contributed by atoms with van der Waals surface area (Å²) in [5.74, 6) is 0.507. The number of carbonyl (C=O) groups is 1. The molecule has 5 nitrogen and oxygen atoms in total. The smallest absolute Gasteiger partial charge is 0.221 e. The molecule has 0 fully saturated rings. The molecule has 1 atom stereocenters. The van der Waals surface area contributed by atoms with Crippen molar-refractivity contribution in [3.63, 3.8) is 0 Å². The highest BCUT2D eigenvalue weighted by Crippen LogP contribution is 2.21. The van der Waals surface area contributed by atoms with E-state index in [-0.39, 0.29) is 11.9 Å². The van der Waals surface area contributed by atoms with E-state index in [0.29, 0.717) is 5.92 Å². The monoisotopic (exact) mass is 300 g/mol. The summed E-state index contributed by atoms with van der Waals surface area (Å²) >= 11 is 0. The van der Waals surface area contributed by atoms with Gasteiger partial charge >= 0.3 is 0 Å². The third kappa shape index (κ3) is 4.62. The first-order valence-corrected chi connectivity index (χ1v) is 7.60. The first-order chi connectivity index (χ1) is 10.4. The van der Waals surface area contributed by atoms with Crippen LogP contribution >= 0.6 is 0 Å². The standard InChI is InChI=1S/C17H24N4O/c1-12(2)10-21-11-17(9-18-21)19-13(3)15-6-5-7-16(8-15)20-14(4)22/h5-9,11-13,19H,10H2,1-4H3,(H,20,22). The van der Waals surface area contributed by atoms with Gasteiger partial charge < -0.3 is 10.6 Å². The first kappa shape index (κ1) is 16.1. The molecule has 1 heterocycles. The summed E-state index contributed by atoms with van der Waals surface area (Å²) in [6, 6.07) is 7.99. The van der Waals surface area contributed by atoms with Gasteiger partial charge in [0.2, 0.25) is 5.91 Å². The van der Waals surface area contributed by atoms with Gasteiger partial charge in [-0.25, -0.2) is 0 Å². The number of rotatable bonds is 6. The summed E-state index contributed by atoms with van der Waals surface area (Å²) in [4.78, 5) is 11.1. The maximum absolute atomic E-state index is 11.1. The van der Waals surface area contributed by atoms with Crippen LogP contribution in [-0.4, -0.2) is 15.7 Å². The van der Waals surface area contributed by atoms with E-state index in [9.17, 15) is 4.79 Å². The van der Waals surface area contributed by atoms with Crippen LogP contribution in [0, 0.1) is 5.92 Å². The molecule has 1 aromatic carbocycles. The van der Waals surface area contributed by atoms with E-state index in [4.69, 9.17) is 0 Å². The van der Waals surface area contributed by atoms with Crippen molar-refractivity contribution in [1.82, 2.24) is 9.78 Å². The fourth-order valence-electron chi connectivity index (χ4n) is 2.33. The molecule has 1 unspecified atom stereocenters. The Kier molecular flexibility index (Phi) is 5.20. The quantitative estimate of drug-likeness (QED) is 0.855. The number of benzene rings is 1. The fourth-order valence-corrected chi connectivity index (χ4v) is 2.33. The van der Waals surface area contributed by atoms with Crippen molar-refractivity contribution in [2.75, 3.05) is 10.6 Å². The zero-order valence-corrected chi connectivity index (χ0v) is 13.6. The van der Waals surface area contributed by atoms with Crippen molar-refractivity contribution in [2.24, 2.45) is 5.92 Å². The lowest BCUT2D eigenvalue weighted by atomic mass is 10.1. The highest BCUT2D eigenvalue weighted by Gasteiger charge is 2.08.